The molecule has 0 fully saturated rings. The standard InChI is InChI=1S/C10H19N3O3S/c1-4-10(5-2,8-11)9(14)13-6-7-17(15,16)12-3/h12H,4-7H2,1-3H3,(H,13,14). The molecule has 0 radical (unpaired) electrons. The summed E-state index contributed by atoms with van der Waals surface area (Å²) in [5, 5.41) is 11.5. The molecule has 0 rings (SSSR count). The maximum Gasteiger partial charge on any atom is 0.240 e. The third kappa shape index (κ3) is 4.32. The molecule has 0 unspecified atom stereocenters. The highest BCUT2D eigenvalue weighted by Crippen LogP contribution is 2.25. The van der Waals surface area contributed by atoms with Crippen molar-refractivity contribution in [3.05, 3.63) is 0 Å². The highest BCUT2D eigenvalue weighted by atomic mass is 32.2. The Hall–Kier alpha value is -1.13. The van der Waals surface area contributed by atoms with Gasteiger partial charge in [-0.25, -0.2) is 13.1 Å². The van der Waals surface area contributed by atoms with Gasteiger partial charge in [0.1, 0.15) is 5.41 Å². The van der Waals surface area contributed by atoms with E-state index in [1.807, 2.05) is 6.07 Å². The molecule has 0 spiro atoms. The summed E-state index contributed by atoms with van der Waals surface area (Å²) in [5.41, 5.74) is -1.05. The first-order valence-corrected chi connectivity index (χ1v) is 7.13. The van der Waals surface area contributed by atoms with E-state index < -0.39 is 21.3 Å². The lowest BCUT2D eigenvalue weighted by Crippen LogP contribution is -2.42. The summed E-state index contributed by atoms with van der Waals surface area (Å²) in [6, 6.07) is 2.00. The number of amides is 1. The molecule has 7 heteroatoms. The zero-order valence-corrected chi connectivity index (χ0v) is 11.2. The first-order chi connectivity index (χ1) is 7.87. The van der Waals surface area contributed by atoms with Crippen LogP contribution in [0.3, 0.4) is 0 Å². The topological polar surface area (TPSA) is 99.1 Å². The van der Waals surface area contributed by atoms with E-state index in [0.717, 1.165) is 0 Å². The SMILES string of the molecule is CCC(C#N)(CC)C(=O)NCCS(=O)(=O)NC. The Morgan fingerprint density at radius 2 is 1.88 bits per heavy atom. The lowest BCUT2D eigenvalue weighted by molar-refractivity contribution is -0.128. The van der Waals surface area contributed by atoms with Gasteiger partial charge in [0, 0.05) is 6.54 Å². The van der Waals surface area contributed by atoms with Crippen molar-refractivity contribution in [2.45, 2.75) is 26.7 Å². The van der Waals surface area contributed by atoms with Crippen molar-refractivity contribution in [3.63, 3.8) is 0 Å². The van der Waals surface area contributed by atoms with Gasteiger partial charge in [-0.05, 0) is 19.9 Å². The van der Waals surface area contributed by atoms with Crippen molar-refractivity contribution in [1.29, 1.82) is 5.26 Å². The van der Waals surface area contributed by atoms with Crippen LogP contribution < -0.4 is 10.0 Å². The Bertz CT molecular complexity index is 394. The second-order valence-electron chi connectivity index (χ2n) is 3.68. The number of carbonyl (C=O) groups excluding carboxylic acids is 1. The van der Waals surface area contributed by atoms with E-state index in [-0.39, 0.29) is 12.3 Å². The molecule has 17 heavy (non-hydrogen) atoms. The predicted octanol–water partition coefficient (Wildman–Crippen LogP) is -0.0182. The van der Waals surface area contributed by atoms with Gasteiger partial charge in [0.05, 0.1) is 11.8 Å². The number of carbonyl (C=O) groups is 1. The Morgan fingerprint density at radius 1 is 1.35 bits per heavy atom. The monoisotopic (exact) mass is 261 g/mol. The van der Waals surface area contributed by atoms with Crippen LogP contribution in [0.5, 0.6) is 0 Å². The van der Waals surface area contributed by atoms with Crippen LogP contribution in [0.25, 0.3) is 0 Å². The highest BCUT2D eigenvalue weighted by Gasteiger charge is 2.34. The molecular weight excluding hydrogens is 242 g/mol. The minimum absolute atomic E-state index is 0.00539. The predicted molar refractivity (Wildman–Crippen MR) is 64.5 cm³/mol. The molecule has 0 saturated heterocycles. The average molecular weight is 261 g/mol. The molecule has 6 nitrogen and oxygen atoms in total. The van der Waals surface area contributed by atoms with Crippen molar-refractivity contribution in [2.24, 2.45) is 5.41 Å². The first kappa shape index (κ1) is 15.9. The highest BCUT2D eigenvalue weighted by molar-refractivity contribution is 7.89. The number of rotatable bonds is 7. The fraction of sp³-hybridized carbons (Fsp3) is 0.800. The van der Waals surface area contributed by atoms with Crippen LogP contribution in [0.1, 0.15) is 26.7 Å². The molecule has 0 aliphatic carbocycles. The van der Waals surface area contributed by atoms with Crippen LogP contribution in [0.2, 0.25) is 0 Å². The summed E-state index contributed by atoms with van der Waals surface area (Å²) in [6.45, 7) is 3.53. The normalized spacial score (nSPS) is 11.9. The van der Waals surface area contributed by atoms with Gasteiger partial charge in [-0.15, -0.1) is 0 Å². The van der Waals surface area contributed by atoms with Crippen molar-refractivity contribution >= 4 is 15.9 Å². The van der Waals surface area contributed by atoms with Crippen LogP contribution >= 0.6 is 0 Å². The molecule has 0 aromatic rings. The third-order valence-corrected chi connectivity index (χ3v) is 4.19. The quantitative estimate of drug-likeness (QED) is 0.673. The molecule has 0 bridgehead atoms. The molecular formula is C10H19N3O3S. The van der Waals surface area contributed by atoms with Crippen LogP contribution in [0.4, 0.5) is 0 Å². The second-order valence-corrected chi connectivity index (χ2v) is 5.73. The van der Waals surface area contributed by atoms with Gasteiger partial charge in [0.15, 0.2) is 0 Å². The average Bonchev–Trinajstić information content (AvgIpc) is 2.32. The second kappa shape index (κ2) is 6.57. The molecule has 0 saturated carbocycles. The van der Waals surface area contributed by atoms with Gasteiger partial charge in [0.25, 0.3) is 0 Å². The molecule has 0 aromatic carbocycles. The van der Waals surface area contributed by atoms with E-state index in [4.69, 9.17) is 5.26 Å². The van der Waals surface area contributed by atoms with Gasteiger partial charge < -0.3 is 5.32 Å². The molecule has 0 heterocycles. The van der Waals surface area contributed by atoms with Crippen LogP contribution in [0, 0.1) is 16.7 Å². The maximum atomic E-state index is 11.8. The molecule has 98 valence electrons. The summed E-state index contributed by atoms with van der Waals surface area (Å²) >= 11 is 0. The maximum absolute atomic E-state index is 11.8. The van der Waals surface area contributed by atoms with E-state index in [0.29, 0.717) is 12.8 Å². The Morgan fingerprint density at radius 3 is 2.24 bits per heavy atom. The van der Waals surface area contributed by atoms with Gasteiger partial charge in [-0.3, -0.25) is 4.79 Å². The summed E-state index contributed by atoms with van der Waals surface area (Å²) in [5.74, 6) is -0.597. The van der Waals surface area contributed by atoms with E-state index in [2.05, 4.69) is 10.0 Å². The lowest BCUT2D eigenvalue weighted by Gasteiger charge is -2.21. The van der Waals surface area contributed by atoms with Gasteiger partial charge >= 0.3 is 0 Å². The number of nitrogens with one attached hydrogen (secondary N) is 2. The summed E-state index contributed by atoms with van der Waals surface area (Å²) in [7, 11) is -2.01. The third-order valence-electron chi connectivity index (χ3n) is 2.82. The first-order valence-electron chi connectivity index (χ1n) is 5.48. The molecule has 0 atom stereocenters. The number of nitrogens with zero attached hydrogens (tertiary/aromatic N) is 1. The largest absolute Gasteiger partial charge is 0.354 e. The smallest absolute Gasteiger partial charge is 0.240 e. The lowest BCUT2D eigenvalue weighted by atomic mass is 9.83. The van der Waals surface area contributed by atoms with Crippen LogP contribution in [0.15, 0.2) is 0 Å². The van der Waals surface area contributed by atoms with E-state index in [9.17, 15) is 13.2 Å². The van der Waals surface area contributed by atoms with Crippen molar-refractivity contribution < 1.29 is 13.2 Å². The Balaban J connectivity index is 4.42. The summed E-state index contributed by atoms with van der Waals surface area (Å²) in [6.07, 6.45) is 0.815. The van der Waals surface area contributed by atoms with Crippen LogP contribution in [-0.2, 0) is 14.8 Å². The van der Waals surface area contributed by atoms with Crippen LogP contribution in [-0.4, -0.2) is 33.7 Å². The van der Waals surface area contributed by atoms with Crippen molar-refractivity contribution in [1.82, 2.24) is 10.0 Å². The molecule has 2 N–H and O–H groups in total. The van der Waals surface area contributed by atoms with E-state index in [1.165, 1.54) is 7.05 Å². The summed E-state index contributed by atoms with van der Waals surface area (Å²) < 4.78 is 24.4. The van der Waals surface area contributed by atoms with Crippen molar-refractivity contribution in [2.75, 3.05) is 19.3 Å². The summed E-state index contributed by atoms with van der Waals surface area (Å²) in [4.78, 5) is 11.8. The van der Waals surface area contributed by atoms with Gasteiger partial charge in [-0.1, -0.05) is 13.8 Å². The Labute approximate surface area is 102 Å². The molecule has 0 aromatic heterocycles. The zero-order valence-electron chi connectivity index (χ0n) is 10.4. The Kier molecular flexibility index (Phi) is 6.13. The molecule has 1 amide bonds. The molecule has 0 aliphatic rings. The van der Waals surface area contributed by atoms with E-state index >= 15 is 0 Å². The van der Waals surface area contributed by atoms with Gasteiger partial charge in [-0.2, -0.15) is 5.26 Å². The minimum atomic E-state index is -3.33. The number of sulfonamides is 1. The number of hydrogen-bond donors (Lipinski definition) is 2. The zero-order chi connectivity index (χ0) is 13.5. The fourth-order valence-corrected chi connectivity index (χ4v) is 1.93. The molecule has 0 aliphatic heterocycles. The van der Waals surface area contributed by atoms with Gasteiger partial charge in [0.2, 0.25) is 15.9 Å². The fourth-order valence-electron chi connectivity index (χ4n) is 1.35. The number of nitriles is 1. The number of hydrogen-bond acceptors (Lipinski definition) is 4. The minimum Gasteiger partial charge on any atom is -0.354 e. The van der Waals surface area contributed by atoms with E-state index in [1.54, 1.807) is 13.8 Å². The van der Waals surface area contributed by atoms with Crippen molar-refractivity contribution in [3.8, 4) is 6.07 Å².